The molecule has 2 aromatic carbocycles. The molecular weight excluding hydrogens is 232 g/mol. The molecule has 0 unspecified atom stereocenters. The van der Waals surface area contributed by atoms with E-state index in [9.17, 15) is 4.79 Å². The van der Waals surface area contributed by atoms with E-state index < -0.39 is 0 Å². The van der Waals surface area contributed by atoms with E-state index in [0.717, 1.165) is 11.1 Å². The first-order valence-corrected chi connectivity index (χ1v) is 6.90. The smallest absolute Gasteiger partial charge is 0.167 e. The zero-order chi connectivity index (χ0) is 13.9. The van der Waals surface area contributed by atoms with Gasteiger partial charge in [0, 0.05) is 12.0 Å². The molecule has 1 nitrogen and oxygen atoms in total. The van der Waals surface area contributed by atoms with Crippen molar-refractivity contribution in [3.63, 3.8) is 0 Å². The highest BCUT2D eigenvalue weighted by atomic mass is 16.1. The number of hydrogen-bond acceptors (Lipinski definition) is 1. The van der Waals surface area contributed by atoms with E-state index >= 15 is 0 Å². The van der Waals surface area contributed by atoms with Crippen molar-refractivity contribution in [2.75, 3.05) is 0 Å². The van der Waals surface area contributed by atoms with Crippen LogP contribution in [-0.4, -0.2) is 5.78 Å². The highest BCUT2D eigenvalue weighted by Crippen LogP contribution is 2.06. The first kappa shape index (κ1) is 15.2. The zero-order valence-corrected chi connectivity index (χ0v) is 11.8. The molecule has 0 saturated carbocycles. The predicted octanol–water partition coefficient (Wildman–Crippen LogP) is 4.92. The maximum absolute atomic E-state index is 11.8. The van der Waals surface area contributed by atoms with Crippen LogP contribution in [0.15, 0.2) is 60.7 Å². The van der Waals surface area contributed by atoms with E-state index in [-0.39, 0.29) is 5.78 Å². The lowest BCUT2D eigenvalue weighted by molar-refractivity contribution is 0.0993. The second-order valence-electron chi connectivity index (χ2n) is 4.45. The number of carbonyl (C=O) groups excluding carboxylic acids is 1. The van der Waals surface area contributed by atoms with Crippen molar-refractivity contribution in [3.05, 3.63) is 71.8 Å². The summed E-state index contributed by atoms with van der Waals surface area (Å²) in [7, 11) is 0. The molecule has 0 spiro atoms. The molecule has 2 aromatic rings. The van der Waals surface area contributed by atoms with Gasteiger partial charge in [-0.15, -0.1) is 0 Å². The summed E-state index contributed by atoms with van der Waals surface area (Å²) in [5.41, 5.74) is 1.84. The van der Waals surface area contributed by atoms with Crippen molar-refractivity contribution < 1.29 is 4.79 Å². The topological polar surface area (TPSA) is 17.1 Å². The molecule has 0 atom stereocenters. The minimum absolute atomic E-state index is 0.168. The number of ketones is 1. The third-order valence-corrected chi connectivity index (χ3v) is 2.80. The first-order valence-electron chi connectivity index (χ1n) is 6.90. The fraction of sp³-hybridized carbons (Fsp3) is 0.278. The van der Waals surface area contributed by atoms with Crippen LogP contribution in [0, 0.1) is 0 Å². The fourth-order valence-electron chi connectivity index (χ4n) is 1.51. The van der Waals surface area contributed by atoms with Crippen molar-refractivity contribution in [2.45, 2.75) is 33.1 Å². The Morgan fingerprint density at radius 1 is 0.789 bits per heavy atom. The molecule has 0 bridgehead atoms. The average Bonchev–Trinajstić information content (AvgIpc) is 2.49. The van der Waals surface area contributed by atoms with Gasteiger partial charge in [-0.25, -0.2) is 0 Å². The standard InChI is InChI=1S/C14H12O.C4H10/c15-14(13-9-5-2-6-10-13)11-12-7-3-1-4-8-12;1-3-4-2/h1-10H,11H2;3-4H2,1-2H3. The zero-order valence-electron chi connectivity index (χ0n) is 11.8. The van der Waals surface area contributed by atoms with Gasteiger partial charge in [-0.1, -0.05) is 87.4 Å². The van der Waals surface area contributed by atoms with Crippen LogP contribution >= 0.6 is 0 Å². The van der Waals surface area contributed by atoms with Gasteiger partial charge in [-0.05, 0) is 5.56 Å². The Bertz CT molecular complexity index is 458. The Kier molecular flexibility index (Phi) is 7.26. The Labute approximate surface area is 116 Å². The van der Waals surface area contributed by atoms with Gasteiger partial charge in [-0.3, -0.25) is 4.79 Å². The lowest BCUT2D eigenvalue weighted by Gasteiger charge is -2.00. The molecule has 0 radical (unpaired) electrons. The van der Waals surface area contributed by atoms with Crippen LogP contribution in [0.5, 0.6) is 0 Å². The number of rotatable bonds is 4. The van der Waals surface area contributed by atoms with Crippen LogP contribution in [0.4, 0.5) is 0 Å². The van der Waals surface area contributed by atoms with Gasteiger partial charge in [0.2, 0.25) is 0 Å². The van der Waals surface area contributed by atoms with Gasteiger partial charge < -0.3 is 0 Å². The van der Waals surface area contributed by atoms with Crippen molar-refractivity contribution >= 4 is 5.78 Å². The molecular formula is C18H22O. The van der Waals surface area contributed by atoms with Gasteiger partial charge >= 0.3 is 0 Å². The quantitative estimate of drug-likeness (QED) is 0.708. The molecule has 2 rings (SSSR count). The Morgan fingerprint density at radius 2 is 1.26 bits per heavy atom. The van der Waals surface area contributed by atoms with Crippen molar-refractivity contribution in [3.8, 4) is 0 Å². The largest absolute Gasteiger partial charge is 0.294 e. The third-order valence-electron chi connectivity index (χ3n) is 2.80. The summed E-state index contributed by atoms with van der Waals surface area (Å²) in [4.78, 5) is 11.8. The minimum Gasteiger partial charge on any atom is -0.294 e. The molecule has 0 N–H and O–H groups in total. The van der Waals surface area contributed by atoms with Gasteiger partial charge in [0.05, 0.1) is 0 Å². The van der Waals surface area contributed by atoms with Crippen LogP contribution in [-0.2, 0) is 6.42 Å². The van der Waals surface area contributed by atoms with E-state index in [2.05, 4.69) is 13.8 Å². The summed E-state index contributed by atoms with van der Waals surface area (Å²) in [5.74, 6) is 0.168. The molecule has 0 heterocycles. The van der Waals surface area contributed by atoms with Gasteiger partial charge in [0.1, 0.15) is 0 Å². The van der Waals surface area contributed by atoms with Gasteiger partial charge in [0.25, 0.3) is 0 Å². The second-order valence-corrected chi connectivity index (χ2v) is 4.45. The molecule has 19 heavy (non-hydrogen) atoms. The molecule has 1 heteroatoms. The lowest BCUT2D eigenvalue weighted by atomic mass is 10.0. The summed E-state index contributed by atoms with van der Waals surface area (Å²) in [6.07, 6.45) is 3.12. The number of Topliss-reactive ketones (excluding diaryl/α,β-unsaturated/α-hetero) is 1. The van der Waals surface area contributed by atoms with Crippen LogP contribution in [0.3, 0.4) is 0 Å². The van der Waals surface area contributed by atoms with E-state index in [4.69, 9.17) is 0 Å². The number of carbonyl (C=O) groups is 1. The monoisotopic (exact) mass is 254 g/mol. The molecule has 0 aliphatic carbocycles. The Morgan fingerprint density at radius 3 is 1.74 bits per heavy atom. The summed E-state index contributed by atoms with van der Waals surface area (Å²) in [5, 5.41) is 0. The highest BCUT2D eigenvalue weighted by Gasteiger charge is 2.05. The molecule has 0 aliphatic heterocycles. The molecule has 0 fully saturated rings. The normalized spacial score (nSPS) is 9.37. The molecule has 0 saturated heterocycles. The van der Waals surface area contributed by atoms with E-state index in [1.54, 1.807) is 0 Å². The number of benzene rings is 2. The minimum atomic E-state index is 0.168. The van der Waals surface area contributed by atoms with Gasteiger partial charge in [-0.2, -0.15) is 0 Å². The molecule has 100 valence electrons. The molecule has 0 aromatic heterocycles. The molecule has 0 aliphatic rings. The van der Waals surface area contributed by atoms with E-state index in [1.807, 2.05) is 60.7 Å². The van der Waals surface area contributed by atoms with E-state index in [1.165, 1.54) is 12.8 Å². The average molecular weight is 254 g/mol. The number of unbranched alkanes of at least 4 members (excludes halogenated alkanes) is 1. The van der Waals surface area contributed by atoms with Crippen LogP contribution in [0.25, 0.3) is 0 Å². The van der Waals surface area contributed by atoms with Crippen molar-refractivity contribution in [1.82, 2.24) is 0 Å². The maximum Gasteiger partial charge on any atom is 0.167 e. The number of hydrogen-bond donors (Lipinski definition) is 0. The maximum atomic E-state index is 11.8. The van der Waals surface area contributed by atoms with Crippen LogP contribution in [0.1, 0.15) is 42.6 Å². The molecule has 0 amide bonds. The summed E-state index contributed by atoms with van der Waals surface area (Å²) < 4.78 is 0. The Hall–Kier alpha value is -1.89. The Balaban J connectivity index is 0.000000399. The fourth-order valence-corrected chi connectivity index (χ4v) is 1.51. The van der Waals surface area contributed by atoms with Crippen LogP contribution < -0.4 is 0 Å². The predicted molar refractivity (Wildman–Crippen MR) is 81.5 cm³/mol. The summed E-state index contributed by atoms with van der Waals surface area (Å²) >= 11 is 0. The van der Waals surface area contributed by atoms with E-state index in [0.29, 0.717) is 6.42 Å². The second kappa shape index (κ2) is 9.09. The van der Waals surface area contributed by atoms with Crippen LogP contribution in [0.2, 0.25) is 0 Å². The summed E-state index contributed by atoms with van der Waals surface area (Å²) in [6.45, 7) is 4.36. The summed E-state index contributed by atoms with van der Waals surface area (Å²) in [6, 6.07) is 19.2. The van der Waals surface area contributed by atoms with Crippen molar-refractivity contribution in [1.29, 1.82) is 0 Å². The SMILES string of the molecule is CCCC.O=C(Cc1ccccc1)c1ccccc1. The highest BCUT2D eigenvalue weighted by molar-refractivity contribution is 5.97. The van der Waals surface area contributed by atoms with Crippen molar-refractivity contribution in [2.24, 2.45) is 0 Å². The lowest BCUT2D eigenvalue weighted by Crippen LogP contribution is -2.02. The van der Waals surface area contributed by atoms with Gasteiger partial charge in [0.15, 0.2) is 5.78 Å². The third kappa shape index (κ3) is 6.01. The first-order chi connectivity index (χ1) is 9.27.